The van der Waals surface area contributed by atoms with E-state index in [4.69, 9.17) is 4.42 Å². The standard InChI is InChI=1S/C51H33NO/c1-51(2)49-38(39-25-27-46-48(50(39)51)41-19-8-10-21-45(41)53-46)24-26-44-47(49)40-18-7-9-20-43(40)52(44)32-13-11-12-30(28-32)31-22-23-37-35-16-4-3-14-33(35)34-15-5-6-17-36(34)42(37)29-31/h3-29H,1-2H3. The summed E-state index contributed by atoms with van der Waals surface area (Å²) in [5.41, 5.74) is 13.1. The first-order chi connectivity index (χ1) is 26.1. The predicted octanol–water partition coefficient (Wildman–Crippen LogP) is 14.1. The van der Waals surface area contributed by atoms with Crippen LogP contribution in [0.5, 0.6) is 0 Å². The second kappa shape index (κ2) is 10.2. The highest BCUT2D eigenvalue weighted by Gasteiger charge is 2.40. The summed E-state index contributed by atoms with van der Waals surface area (Å²) in [7, 11) is 0. The predicted molar refractivity (Wildman–Crippen MR) is 224 cm³/mol. The summed E-state index contributed by atoms with van der Waals surface area (Å²) in [5.74, 6) is 0. The lowest BCUT2D eigenvalue weighted by Gasteiger charge is -2.23. The van der Waals surface area contributed by atoms with Gasteiger partial charge in [0.05, 0.1) is 11.0 Å². The summed E-state index contributed by atoms with van der Waals surface area (Å²) >= 11 is 0. The number of hydrogen-bond donors (Lipinski definition) is 0. The van der Waals surface area contributed by atoms with Gasteiger partial charge in [0.25, 0.3) is 0 Å². The van der Waals surface area contributed by atoms with Crippen LogP contribution >= 0.6 is 0 Å². The third-order valence-electron chi connectivity index (χ3n) is 12.1. The maximum atomic E-state index is 6.40. The quantitative estimate of drug-likeness (QED) is 0.167. The molecular weight excluding hydrogens is 643 g/mol. The summed E-state index contributed by atoms with van der Waals surface area (Å²) in [6, 6.07) is 60.2. The summed E-state index contributed by atoms with van der Waals surface area (Å²) in [6.45, 7) is 4.80. The monoisotopic (exact) mass is 675 g/mol. The van der Waals surface area contributed by atoms with Crippen LogP contribution in [0.25, 0.3) is 104 Å². The van der Waals surface area contributed by atoms with Crippen molar-refractivity contribution in [1.29, 1.82) is 0 Å². The van der Waals surface area contributed by atoms with Crippen molar-refractivity contribution in [2.45, 2.75) is 19.3 Å². The summed E-state index contributed by atoms with van der Waals surface area (Å²) in [6.07, 6.45) is 0. The van der Waals surface area contributed by atoms with E-state index in [0.29, 0.717) is 0 Å². The molecule has 0 bridgehead atoms. The van der Waals surface area contributed by atoms with Gasteiger partial charge in [-0.3, -0.25) is 0 Å². The molecule has 53 heavy (non-hydrogen) atoms. The molecule has 0 unspecified atom stereocenters. The highest BCUT2D eigenvalue weighted by Crippen LogP contribution is 2.56. The van der Waals surface area contributed by atoms with Gasteiger partial charge in [0.15, 0.2) is 0 Å². The van der Waals surface area contributed by atoms with E-state index in [0.717, 1.165) is 16.9 Å². The fourth-order valence-corrected chi connectivity index (χ4v) is 9.94. The Hall–Kier alpha value is -6.64. The number of aromatic nitrogens is 1. The molecule has 0 fully saturated rings. The molecule has 0 saturated heterocycles. The molecule has 0 N–H and O–H groups in total. The maximum Gasteiger partial charge on any atom is 0.135 e. The number of fused-ring (bicyclic) bond motifs is 17. The van der Waals surface area contributed by atoms with Gasteiger partial charge in [0.2, 0.25) is 0 Å². The number of furan rings is 1. The Morgan fingerprint density at radius 3 is 1.74 bits per heavy atom. The molecule has 12 rings (SSSR count). The first kappa shape index (κ1) is 29.0. The zero-order valence-corrected chi connectivity index (χ0v) is 29.4. The van der Waals surface area contributed by atoms with Crippen molar-refractivity contribution < 1.29 is 4.42 Å². The van der Waals surface area contributed by atoms with Crippen molar-refractivity contribution in [3.63, 3.8) is 0 Å². The van der Waals surface area contributed by atoms with Crippen molar-refractivity contribution >= 4 is 76.1 Å². The third-order valence-corrected chi connectivity index (χ3v) is 12.1. The highest BCUT2D eigenvalue weighted by molar-refractivity contribution is 6.26. The summed E-state index contributed by atoms with van der Waals surface area (Å²) in [5, 5.41) is 12.8. The maximum absolute atomic E-state index is 6.40. The van der Waals surface area contributed by atoms with Gasteiger partial charge >= 0.3 is 0 Å². The molecule has 0 atom stereocenters. The Bertz CT molecular complexity index is 3340. The van der Waals surface area contributed by atoms with Gasteiger partial charge in [-0.05, 0) is 108 Å². The number of rotatable bonds is 2. The molecule has 1 aliphatic carbocycles. The molecular formula is C51H33NO. The number of para-hydroxylation sites is 2. The van der Waals surface area contributed by atoms with Gasteiger partial charge < -0.3 is 8.98 Å². The zero-order valence-electron chi connectivity index (χ0n) is 29.4. The van der Waals surface area contributed by atoms with Crippen molar-refractivity contribution in [2.24, 2.45) is 0 Å². The molecule has 2 heterocycles. The van der Waals surface area contributed by atoms with E-state index in [-0.39, 0.29) is 5.41 Å². The molecule has 0 aliphatic heterocycles. The molecule has 248 valence electrons. The fourth-order valence-electron chi connectivity index (χ4n) is 9.94. The molecule has 0 spiro atoms. The van der Waals surface area contributed by atoms with E-state index in [1.54, 1.807) is 0 Å². The molecule has 0 radical (unpaired) electrons. The van der Waals surface area contributed by atoms with Crippen LogP contribution in [0.15, 0.2) is 168 Å². The van der Waals surface area contributed by atoms with Crippen molar-refractivity contribution in [1.82, 2.24) is 4.57 Å². The smallest absolute Gasteiger partial charge is 0.135 e. The van der Waals surface area contributed by atoms with Crippen LogP contribution < -0.4 is 0 Å². The van der Waals surface area contributed by atoms with Crippen LogP contribution in [0.3, 0.4) is 0 Å². The van der Waals surface area contributed by atoms with Gasteiger partial charge in [-0.15, -0.1) is 0 Å². The first-order valence-corrected chi connectivity index (χ1v) is 18.5. The highest BCUT2D eigenvalue weighted by atomic mass is 16.3. The Kier molecular flexibility index (Phi) is 5.60. The summed E-state index contributed by atoms with van der Waals surface area (Å²) in [4.78, 5) is 0. The SMILES string of the molecule is CC1(C)c2c(ccc3oc4ccccc4c23)-c2ccc3c(c21)c1ccccc1n3-c1cccc(-c2ccc3c4ccccc4c4ccccc4c3c2)c1. The van der Waals surface area contributed by atoms with Gasteiger partial charge in [0, 0.05) is 32.6 Å². The summed E-state index contributed by atoms with van der Waals surface area (Å²) < 4.78 is 8.87. The second-order valence-corrected chi connectivity index (χ2v) is 15.2. The van der Waals surface area contributed by atoms with E-state index in [1.807, 2.05) is 0 Å². The van der Waals surface area contributed by atoms with Gasteiger partial charge in [0.1, 0.15) is 11.2 Å². The van der Waals surface area contributed by atoms with E-state index in [1.165, 1.54) is 98.3 Å². The van der Waals surface area contributed by atoms with Crippen LogP contribution in [0, 0.1) is 0 Å². The fraction of sp³-hybridized carbons (Fsp3) is 0.0588. The van der Waals surface area contributed by atoms with Crippen LogP contribution in [0.4, 0.5) is 0 Å². The van der Waals surface area contributed by atoms with Gasteiger partial charge in [-0.1, -0.05) is 135 Å². The number of benzene rings is 9. The Labute approximate surface area is 306 Å². The number of nitrogens with zero attached hydrogens (tertiary/aromatic N) is 1. The largest absolute Gasteiger partial charge is 0.456 e. The van der Waals surface area contributed by atoms with E-state index >= 15 is 0 Å². The molecule has 1 aliphatic rings. The first-order valence-electron chi connectivity index (χ1n) is 18.5. The minimum absolute atomic E-state index is 0.245. The van der Waals surface area contributed by atoms with Crippen LogP contribution in [0.1, 0.15) is 25.0 Å². The molecule has 11 aromatic rings. The van der Waals surface area contributed by atoms with Crippen LogP contribution in [0.2, 0.25) is 0 Å². The average Bonchev–Trinajstić information content (AvgIpc) is 3.83. The minimum atomic E-state index is -0.245. The lowest BCUT2D eigenvalue weighted by Crippen LogP contribution is -2.16. The minimum Gasteiger partial charge on any atom is -0.456 e. The third kappa shape index (κ3) is 3.77. The Balaban J connectivity index is 1.08. The van der Waals surface area contributed by atoms with Crippen LogP contribution in [-0.2, 0) is 5.41 Å². The normalized spacial score (nSPS) is 13.6. The topological polar surface area (TPSA) is 18.1 Å². The van der Waals surface area contributed by atoms with Crippen molar-refractivity contribution in [2.75, 3.05) is 0 Å². The lowest BCUT2D eigenvalue weighted by molar-refractivity contribution is 0.660. The van der Waals surface area contributed by atoms with Crippen molar-refractivity contribution in [3.05, 3.63) is 175 Å². The lowest BCUT2D eigenvalue weighted by atomic mass is 9.79. The molecule has 9 aromatic carbocycles. The number of hydrogen-bond acceptors (Lipinski definition) is 1. The Morgan fingerprint density at radius 2 is 0.981 bits per heavy atom. The van der Waals surface area contributed by atoms with Crippen molar-refractivity contribution in [3.8, 4) is 27.9 Å². The van der Waals surface area contributed by atoms with E-state index in [2.05, 4.69) is 182 Å². The van der Waals surface area contributed by atoms with Gasteiger partial charge in [-0.25, -0.2) is 0 Å². The molecule has 2 aromatic heterocycles. The molecule has 0 amide bonds. The van der Waals surface area contributed by atoms with E-state index < -0.39 is 0 Å². The van der Waals surface area contributed by atoms with Crippen LogP contribution in [-0.4, -0.2) is 4.57 Å². The van der Waals surface area contributed by atoms with E-state index in [9.17, 15) is 0 Å². The molecule has 0 saturated carbocycles. The zero-order chi connectivity index (χ0) is 35.0. The van der Waals surface area contributed by atoms with Gasteiger partial charge in [-0.2, -0.15) is 0 Å². The average molecular weight is 676 g/mol. The molecule has 2 nitrogen and oxygen atoms in total. The second-order valence-electron chi connectivity index (χ2n) is 15.2. The molecule has 2 heteroatoms. The Morgan fingerprint density at radius 1 is 0.396 bits per heavy atom.